The summed E-state index contributed by atoms with van der Waals surface area (Å²) in [5, 5.41) is 3.90. The highest BCUT2D eigenvalue weighted by Crippen LogP contribution is 2.26. The summed E-state index contributed by atoms with van der Waals surface area (Å²) < 4.78 is 26.3. The van der Waals surface area contributed by atoms with Crippen molar-refractivity contribution in [3.05, 3.63) is 63.6 Å². The monoisotopic (exact) mass is 527 g/mol. The summed E-state index contributed by atoms with van der Waals surface area (Å²) >= 11 is 12.0. The molecular weight excluding hydrogens is 497 g/mol. The van der Waals surface area contributed by atoms with Crippen molar-refractivity contribution in [1.29, 1.82) is 0 Å². The Morgan fingerprint density at radius 3 is 2.15 bits per heavy atom. The zero-order valence-electron chi connectivity index (χ0n) is 20.0. The standard InChI is InChI=1S/C24H31Cl2N3O4S/c1-6-17(3)27-24(31)18(4)28(14-19-7-9-20(25)10-8-19)23(30)15-29(34(5,32)33)22-12-11-21(26)13-16(22)2/h7-13,17-18H,6,14-15H2,1-5H3,(H,27,31). The maximum atomic E-state index is 13.5. The van der Waals surface area contributed by atoms with Gasteiger partial charge in [-0.1, -0.05) is 42.3 Å². The summed E-state index contributed by atoms with van der Waals surface area (Å²) in [7, 11) is -3.80. The first-order valence-corrected chi connectivity index (χ1v) is 13.5. The lowest BCUT2D eigenvalue weighted by Gasteiger charge is -2.32. The van der Waals surface area contributed by atoms with Gasteiger partial charge in [0.1, 0.15) is 12.6 Å². The maximum Gasteiger partial charge on any atom is 0.244 e. The Bertz CT molecular complexity index is 1120. The highest BCUT2D eigenvalue weighted by molar-refractivity contribution is 7.92. The number of rotatable bonds is 10. The van der Waals surface area contributed by atoms with Crippen LogP contribution in [0.2, 0.25) is 10.0 Å². The Kier molecular flexibility index (Phi) is 9.79. The van der Waals surface area contributed by atoms with Gasteiger partial charge in [0.05, 0.1) is 11.9 Å². The molecule has 0 saturated heterocycles. The molecule has 2 rings (SSSR count). The van der Waals surface area contributed by atoms with E-state index < -0.39 is 28.5 Å². The molecule has 0 aliphatic carbocycles. The van der Waals surface area contributed by atoms with Crippen LogP contribution < -0.4 is 9.62 Å². The zero-order valence-corrected chi connectivity index (χ0v) is 22.3. The number of benzene rings is 2. The molecule has 0 aromatic heterocycles. The van der Waals surface area contributed by atoms with E-state index in [4.69, 9.17) is 23.2 Å². The Labute approximate surface area is 212 Å². The van der Waals surface area contributed by atoms with Crippen LogP contribution in [0.4, 0.5) is 5.69 Å². The van der Waals surface area contributed by atoms with Crippen LogP contribution in [0.25, 0.3) is 0 Å². The quantitative estimate of drug-likeness (QED) is 0.495. The van der Waals surface area contributed by atoms with Crippen molar-refractivity contribution in [2.45, 2.75) is 52.7 Å². The summed E-state index contributed by atoms with van der Waals surface area (Å²) in [4.78, 5) is 27.8. The van der Waals surface area contributed by atoms with Crippen LogP contribution in [-0.2, 0) is 26.2 Å². The van der Waals surface area contributed by atoms with E-state index in [1.54, 1.807) is 56.3 Å². The van der Waals surface area contributed by atoms with Crippen LogP contribution >= 0.6 is 23.2 Å². The molecule has 0 spiro atoms. The van der Waals surface area contributed by atoms with Gasteiger partial charge in [0.2, 0.25) is 21.8 Å². The number of carbonyl (C=O) groups is 2. The van der Waals surface area contributed by atoms with Crippen LogP contribution in [0.3, 0.4) is 0 Å². The smallest absolute Gasteiger partial charge is 0.244 e. The van der Waals surface area contributed by atoms with Gasteiger partial charge < -0.3 is 10.2 Å². The van der Waals surface area contributed by atoms with Crippen LogP contribution in [0.15, 0.2) is 42.5 Å². The van der Waals surface area contributed by atoms with Crippen molar-refractivity contribution in [3.63, 3.8) is 0 Å². The van der Waals surface area contributed by atoms with Crippen LogP contribution in [0, 0.1) is 6.92 Å². The molecule has 34 heavy (non-hydrogen) atoms. The van der Waals surface area contributed by atoms with Crippen LogP contribution in [0.1, 0.15) is 38.3 Å². The molecule has 2 unspecified atom stereocenters. The van der Waals surface area contributed by atoms with Gasteiger partial charge in [-0.2, -0.15) is 0 Å². The minimum Gasteiger partial charge on any atom is -0.352 e. The van der Waals surface area contributed by atoms with Crippen molar-refractivity contribution < 1.29 is 18.0 Å². The van der Waals surface area contributed by atoms with E-state index in [0.29, 0.717) is 21.3 Å². The molecule has 0 bridgehead atoms. The third-order valence-corrected chi connectivity index (χ3v) is 7.15. The van der Waals surface area contributed by atoms with E-state index in [-0.39, 0.29) is 18.5 Å². The van der Waals surface area contributed by atoms with E-state index in [1.165, 1.54) is 4.90 Å². The first-order chi connectivity index (χ1) is 15.8. The van der Waals surface area contributed by atoms with Gasteiger partial charge >= 0.3 is 0 Å². The molecule has 0 aliphatic heterocycles. The molecule has 7 nitrogen and oxygen atoms in total. The zero-order chi connectivity index (χ0) is 25.6. The second-order valence-corrected chi connectivity index (χ2v) is 11.1. The third-order valence-electron chi connectivity index (χ3n) is 5.54. The summed E-state index contributed by atoms with van der Waals surface area (Å²) in [5.41, 5.74) is 1.72. The second-order valence-electron chi connectivity index (χ2n) is 8.34. The maximum absolute atomic E-state index is 13.5. The van der Waals surface area contributed by atoms with Crippen molar-refractivity contribution >= 4 is 50.7 Å². The lowest BCUT2D eigenvalue weighted by atomic mass is 10.1. The van der Waals surface area contributed by atoms with Gasteiger partial charge in [0, 0.05) is 22.6 Å². The second kappa shape index (κ2) is 11.9. The van der Waals surface area contributed by atoms with Gasteiger partial charge in [0.25, 0.3) is 0 Å². The minimum atomic E-state index is -3.80. The Morgan fingerprint density at radius 1 is 1.03 bits per heavy atom. The molecule has 0 radical (unpaired) electrons. The number of nitrogens with one attached hydrogen (secondary N) is 1. The van der Waals surface area contributed by atoms with Crippen molar-refractivity contribution in [2.24, 2.45) is 0 Å². The first kappa shape index (κ1) is 28.0. The fourth-order valence-electron chi connectivity index (χ4n) is 3.33. The van der Waals surface area contributed by atoms with E-state index in [9.17, 15) is 18.0 Å². The molecule has 0 fully saturated rings. The molecule has 2 atom stereocenters. The SMILES string of the molecule is CCC(C)NC(=O)C(C)N(Cc1ccc(Cl)cc1)C(=O)CN(c1ccc(Cl)cc1C)S(C)(=O)=O. The van der Waals surface area contributed by atoms with Gasteiger partial charge in [-0.3, -0.25) is 13.9 Å². The molecule has 2 amide bonds. The fourth-order valence-corrected chi connectivity index (χ4v) is 4.59. The molecule has 2 aromatic carbocycles. The summed E-state index contributed by atoms with van der Waals surface area (Å²) in [6, 6.07) is 10.8. The third kappa shape index (κ3) is 7.61. The largest absolute Gasteiger partial charge is 0.352 e. The van der Waals surface area contributed by atoms with E-state index in [1.807, 2.05) is 13.8 Å². The van der Waals surface area contributed by atoms with E-state index >= 15 is 0 Å². The summed E-state index contributed by atoms with van der Waals surface area (Å²) in [6.07, 6.45) is 1.78. The lowest BCUT2D eigenvalue weighted by Crippen LogP contribution is -2.52. The predicted octanol–water partition coefficient (Wildman–Crippen LogP) is 4.40. The molecule has 1 N–H and O–H groups in total. The Balaban J connectivity index is 2.41. The van der Waals surface area contributed by atoms with Gasteiger partial charge in [-0.05, 0) is 68.7 Å². The highest BCUT2D eigenvalue weighted by Gasteiger charge is 2.31. The number of amides is 2. The molecular formula is C24H31Cl2N3O4S. The number of nitrogens with zero attached hydrogens (tertiary/aromatic N) is 2. The number of halogens is 2. The molecule has 10 heteroatoms. The average Bonchev–Trinajstić information content (AvgIpc) is 2.76. The highest BCUT2D eigenvalue weighted by atomic mass is 35.5. The summed E-state index contributed by atoms with van der Waals surface area (Å²) in [5.74, 6) is -0.827. The van der Waals surface area contributed by atoms with Crippen LogP contribution in [0.5, 0.6) is 0 Å². The van der Waals surface area contributed by atoms with Gasteiger partial charge in [-0.25, -0.2) is 8.42 Å². The summed E-state index contributed by atoms with van der Waals surface area (Å²) in [6.45, 7) is 6.83. The molecule has 186 valence electrons. The van der Waals surface area contributed by atoms with E-state index in [0.717, 1.165) is 22.5 Å². The number of hydrogen-bond acceptors (Lipinski definition) is 4. The topological polar surface area (TPSA) is 86.8 Å². The number of sulfonamides is 1. The number of hydrogen-bond donors (Lipinski definition) is 1. The predicted molar refractivity (Wildman–Crippen MR) is 138 cm³/mol. The fraction of sp³-hybridized carbons (Fsp3) is 0.417. The number of carbonyl (C=O) groups excluding carboxylic acids is 2. The van der Waals surface area contributed by atoms with Crippen LogP contribution in [-0.4, -0.2) is 50.0 Å². The first-order valence-electron chi connectivity index (χ1n) is 10.9. The molecule has 0 saturated carbocycles. The number of anilines is 1. The Hall–Kier alpha value is -2.29. The molecule has 0 heterocycles. The van der Waals surface area contributed by atoms with Gasteiger partial charge in [0.15, 0.2) is 0 Å². The Morgan fingerprint density at radius 2 is 1.62 bits per heavy atom. The van der Waals surface area contributed by atoms with Crippen molar-refractivity contribution in [2.75, 3.05) is 17.1 Å². The van der Waals surface area contributed by atoms with E-state index in [2.05, 4.69) is 5.32 Å². The molecule has 2 aromatic rings. The van der Waals surface area contributed by atoms with Crippen molar-refractivity contribution in [3.8, 4) is 0 Å². The van der Waals surface area contributed by atoms with Gasteiger partial charge in [-0.15, -0.1) is 0 Å². The lowest BCUT2D eigenvalue weighted by molar-refractivity contribution is -0.139. The molecule has 0 aliphatic rings. The average molecular weight is 529 g/mol. The normalized spacial score (nSPS) is 13.1. The van der Waals surface area contributed by atoms with Crippen molar-refractivity contribution in [1.82, 2.24) is 10.2 Å². The number of aryl methyl sites for hydroxylation is 1. The minimum absolute atomic E-state index is 0.0633.